The van der Waals surface area contributed by atoms with E-state index in [-0.39, 0.29) is 6.54 Å². The van der Waals surface area contributed by atoms with Gasteiger partial charge in [-0.2, -0.15) is 0 Å². The Hall–Kier alpha value is -4.16. The maximum atomic E-state index is 14.2. The van der Waals surface area contributed by atoms with E-state index in [0.717, 1.165) is 23.1 Å². The molecule has 1 heterocycles. The van der Waals surface area contributed by atoms with Gasteiger partial charge in [0.1, 0.15) is 42.9 Å². The van der Waals surface area contributed by atoms with Gasteiger partial charge in [-0.05, 0) is 63.1 Å². The topological polar surface area (TPSA) is 134 Å². The van der Waals surface area contributed by atoms with Gasteiger partial charge in [-0.25, -0.2) is 13.6 Å². The molecule has 0 bridgehead atoms. The number of nitrogens with one attached hydrogen (secondary N) is 2. The minimum atomic E-state index is -1.27. The number of likely N-dealkylation sites (N-methyl/N-ethyl adjacent to an activating group) is 1. The summed E-state index contributed by atoms with van der Waals surface area (Å²) in [5, 5.41) is 4.80. The summed E-state index contributed by atoms with van der Waals surface area (Å²) in [6.45, 7) is 6.56. The van der Waals surface area contributed by atoms with Gasteiger partial charge in [-0.3, -0.25) is 19.3 Å². The van der Waals surface area contributed by atoms with Crippen molar-refractivity contribution in [1.29, 1.82) is 0 Å². The predicted molar refractivity (Wildman–Crippen MR) is 143 cm³/mol. The average Bonchev–Trinajstić information content (AvgIpc) is 3.22. The molecule has 0 radical (unpaired) electrons. The Balaban J connectivity index is 1.80. The number of hydrogen-bond acceptors (Lipinski definition) is 6. The molecule has 0 aromatic heterocycles. The van der Waals surface area contributed by atoms with Gasteiger partial charge in [0.2, 0.25) is 11.8 Å². The van der Waals surface area contributed by atoms with E-state index in [4.69, 9.17) is 10.5 Å². The van der Waals surface area contributed by atoms with Gasteiger partial charge in [0.25, 0.3) is 5.91 Å². The Bertz CT molecular complexity index is 1280. The molecule has 39 heavy (non-hydrogen) atoms. The number of fused-ring (bicyclic) bond motifs is 1. The highest BCUT2D eigenvalue weighted by Crippen LogP contribution is 2.36. The fraction of sp³-hybridized carbons (Fsp3) is 0.385. The molecule has 3 rings (SSSR count). The molecule has 2 aromatic rings. The molecule has 0 saturated carbocycles. The van der Waals surface area contributed by atoms with E-state index in [1.807, 2.05) is 0 Å². The van der Waals surface area contributed by atoms with Crippen molar-refractivity contribution in [3.05, 3.63) is 59.2 Å². The van der Waals surface area contributed by atoms with Crippen molar-refractivity contribution in [1.82, 2.24) is 15.1 Å². The fourth-order valence-corrected chi connectivity index (χ4v) is 4.06. The molecular formula is C26H32BF2N5O5. The second-order valence-electron chi connectivity index (χ2n) is 10.4. The summed E-state index contributed by atoms with van der Waals surface area (Å²) in [7, 11) is 2.83. The summed E-state index contributed by atoms with van der Waals surface area (Å²) < 4.78 is 33.7. The highest BCUT2D eigenvalue weighted by atomic mass is 19.1. The summed E-state index contributed by atoms with van der Waals surface area (Å²) in [6.07, 6.45) is -0.714. The molecule has 2 aromatic carbocycles. The number of anilines is 2. The van der Waals surface area contributed by atoms with Crippen LogP contribution >= 0.6 is 0 Å². The van der Waals surface area contributed by atoms with Gasteiger partial charge in [-0.15, -0.1) is 0 Å². The average molecular weight is 543 g/mol. The highest BCUT2D eigenvalue weighted by molar-refractivity contribution is 6.25. The lowest BCUT2D eigenvalue weighted by molar-refractivity contribution is -0.140. The highest BCUT2D eigenvalue weighted by Gasteiger charge is 2.41. The Morgan fingerprint density at radius 2 is 1.77 bits per heavy atom. The van der Waals surface area contributed by atoms with E-state index >= 15 is 0 Å². The van der Waals surface area contributed by atoms with Crippen LogP contribution in [0.1, 0.15) is 44.9 Å². The maximum Gasteiger partial charge on any atom is 0.410 e. The lowest BCUT2D eigenvalue weighted by Gasteiger charge is -2.30. The van der Waals surface area contributed by atoms with Crippen LogP contribution in [0.2, 0.25) is 0 Å². The third-order valence-electron chi connectivity index (χ3n) is 6.23. The summed E-state index contributed by atoms with van der Waals surface area (Å²) in [5.41, 5.74) is 5.84. The number of carbonyl (C=O) groups excluding carboxylic acids is 4. The smallest absolute Gasteiger partial charge is 0.410 e. The summed E-state index contributed by atoms with van der Waals surface area (Å²) in [5.74, 6) is -5.17. The molecule has 10 nitrogen and oxygen atoms in total. The van der Waals surface area contributed by atoms with Crippen molar-refractivity contribution < 1.29 is 32.7 Å². The first kappa shape index (κ1) is 29.4. The Kier molecular flexibility index (Phi) is 8.52. The van der Waals surface area contributed by atoms with Crippen LogP contribution in [0.5, 0.6) is 0 Å². The van der Waals surface area contributed by atoms with E-state index in [2.05, 4.69) is 10.6 Å². The monoisotopic (exact) mass is 543 g/mol. The quantitative estimate of drug-likeness (QED) is 0.377. The van der Waals surface area contributed by atoms with Gasteiger partial charge in [0, 0.05) is 19.3 Å². The van der Waals surface area contributed by atoms with Crippen molar-refractivity contribution in [3.63, 3.8) is 0 Å². The first-order chi connectivity index (χ1) is 18.1. The normalized spacial score (nSPS) is 16.1. The van der Waals surface area contributed by atoms with Crippen molar-refractivity contribution in [2.24, 2.45) is 0 Å². The molecule has 0 spiro atoms. The van der Waals surface area contributed by atoms with Gasteiger partial charge >= 0.3 is 6.09 Å². The van der Waals surface area contributed by atoms with E-state index < -0.39 is 64.8 Å². The molecular weight excluding hydrogens is 511 g/mol. The number of ether oxygens (including phenoxy) is 1. The predicted octanol–water partition coefficient (Wildman–Crippen LogP) is 1.90. The van der Waals surface area contributed by atoms with E-state index in [1.54, 1.807) is 32.9 Å². The van der Waals surface area contributed by atoms with Crippen LogP contribution in [0, 0.1) is 11.6 Å². The van der Waals surface area contributed by atoms with E-state index in [1.165, 1.54) is 32.8 Å². The summed E-state index contributed by atoms with van der Waals surface area (Å²) in [4.78, 5) is 54.3. The number of para-hydroxylation sites is 1. The molecule has 1 aliphatic heterocycles. The molecule has 0 aliphatic carbocycles. The molecule has 208 valence electrons. The number of benzene rings is 2. The molecule has 0 unspecified atom stereocenters. The molecule has 0 fully saturated rings. The Morgan fingerprint density at radius 1 is 1.15 bits per heavy atom. The number of nitrogen functional groups attached to an aromatic ring is 1. The van der Waals surface area contributed by atoms with Crippen molar-refractivity contribution in [2.75, 3.05) is 18.1 Å². The third-order valence-corrected chi connectivity index (χ3v) is 6.23. The summed E-state index contributed by atoms with van der Waals surface area (Å²) >= 11 is 0. The zero-order valence-electron chi connectivity index (χ0n) is 22.7. The zero-order chi connectivity index (χ0) is 29.2. The van der Waals surface area contributed by atoms with Gasteiger partial charge < -0.3 is 26.0 Å². The van der Waals surface area contributed by atoms with Crippen LogP contribution in [0.3, 0.4) is 0 Å². The lowest BCUT2D eigenvalue weighted by Crippen LogP contribution is -2.54. The van der Waals surface area contributed by atoms with Crippen LogP contribution in [-0.4, -0.2) is 66.1 Å². The molecule has 4 amide bonds. The first-order valence-electron chi connectivity index (χ1n) is 12.3. The van der Waals surface area contributed by atoms with Gasteiger partial charge in [-0.1, -0.05) is 12.1 Å². The molecule has 1 aliphatic rings. The number of rotatable bonds is 6. The SMILES string of the molecule is B[C@H](NC(=O)[C@H](C)N(C)C(=O)OC(C)(C)C)C(=O)N1Cc2ccc(N)cc2[C@H]1C(=O)Nc1c(F)cccc1F. The Morgan fingerprint density at radius 3 is 2.36 bits per heavy atom. The number of halogens is 2. The number of carbonyl (C=O) groups is 4. The van der Waals surface area contributed by atoms with Crippen molar-refractivity contribution in [3.8, 4) is 0 Å². The van der Waals surface area contributed by atoms with Crippen molar-refractivity contribution >= 4 is 43.0 Å². The van der Waals surface area contributed by atoms with E-state index in [9.17, 15) is 28.0 Å². The minimum absolute atomic E-state index is 0.000136. The lowest BCUT2D eigenvalue weighted by atomic mass is 9.93. The van der Waals surface area contributed by atoms with E-state index in [0.29, 0.717) is 16.8 Å². The second kappa shape index (κ2) is 11.3. The van der Waals surface area contributed by atoms with Gasteiger partial charge in [0.15, 0.2) is 0 Å². The summed E-state index contributed by atoms with van der Waals surface area (Å²) in [6, 6.07) is 5.69. The molecule has 0 saturated heterocycles. The van der Waals surface area contributed by atoms with Crippen LogP contribution in [-0.2, 0) is 25.7 Å². The van der Waals surface area contributed by atoms with Gasteiger partial charge in [0.05, 0.1) is 5.94 Å². The molecule has 3 atom stereocenters. The van der Waals surface area contributed by atoms with Crippen LogP contribution in [0.4, 0.5) is 25.0 Å². The zero-order valence-corrected chi connectivity index (χ0v) is 22.7. The minimum Gasteiger partial charge on any atom is -0.444 e. The fourth-order valence-electron chi connectivity index (χ4n) is 4.06. The largest absolute Gasteiger partial charge is 0.444 e. The second-order valence-corrected chi connectivity index (χ2v) is 10.4. The van der Waals surface area contributed by atoms with Crippen LogP contribution < -0.4 is 16.4 Å². The first-order valence-corrected chi connectivity index (χ1v) is 12.3. The van der Waals surface area contributed by atoms with Crippen LogP contribution in [0.25, 0.3) is 0 Å². The number of amides is 4. The standard InChI is InChI=1S/C26H32BF2N5O5/c1-13(33(5)25(38)39-26(2,3)4)22(35)32-21(27)24(37)34-12-14-9-10-15(30)11-16(14)20(34)23(36)31-19-17(28)7-6-8-18(19)29/h6-11,13,20-21H,12,27,30H2,1-5H3,(H,31,36)(H,32,35)/t13-,20-,21+/m0/s1. The van der Waals surface area contributed by atoms with Crippen LogP contribution in [0.15, 0.2) is 36.4 Å². The van der Waals surface area contributed by atoms with Crippen molar-refractivity contribution in [2.45, 2.75) is 57.9 Å². The molecule has 13 heteroatoms. The molecule has 4 N–H and O–H groups in total. The number of nitrogens with zero attached hydrogens (tertiary/aromatic N) is 2. The number of nitrogens with two attached hydrogens (primary N) is 1. The third kappa shape index (κ3) is 6.65. The Labute approximate surface area is 226 Å². The maximum absolute atomic E-state index is 14.2. The number of hydrogen-bond donors (Lipinski definition) is 3.